The topological polar surface area (TPSA) is 9.23 Å². The van der Waals surface area contributed by atoms with Crippen molar-refractivity contribution in [3.63, 3.8) is 0 Å². The van der Waals surface area contributed by atoms with Crippen LogP contribution in [0.4, 0.5) is 0 Å². The van der Waals surface area contributed by atoms with E-state index < -0.39 is 0 Å². The summed E-state index contributed by atoms with van der Waals surface area (Å²) in [6.07, 6.45) is 4.24. The first-order chi connectivity index (χ1) is 13.9. The van der Waals surface area contributed by atoms with Gasteiger partial charge in [0.05, 0.1) is 7.11 Å². The zero-order valence-corrected chi connectivity index (χ0v) is 16.0. The van der Waals surface area contributed by atoms with Crippen LogP contribution in [0, 0.1) is 0 Å². The molecule has 4 rings (SSSR count). The molecule has 0 spiro atoms. The van der Waals surface area contributed by atoms with E-state index in [1.54, 1.807) is 7.11 Å². The van der Waals surface area contributed by atoms with Crippen LogP contribution in [0.1, 0.15) is 11.1 Å². The third-order valence-corrected chi connectivity index (χ3v) is 4.26. The zero-order chi connectivity index (χ0) is 19.4. The minimum Gasteiger partial charge on any atom is -0.496 e. The van der Waals surface area contributed by atoms with Gasteiger partial charge in [-0.3, -0.25) is 0 Å². The standard InChI is InChI=1S/C14H12.C13H12O/c1-3-7-13(8-4-1)11-12-14-9-5-2-6-10-14;1-14-13-10-6-5-9-12(13)11-7-3-2-4-8-11/h1-12H;2-10H,1H3. The maximum Gasteiger partial charge on any atom is 0.126 e. The Kier molecular flexibility index (Phi) is 7.22. The molecular formula is C27H24O. The van der Waals surface area contributed by atoms with Gasteiger partial charge in [-0.25, -0.2) is 0 Å². The van der Waals surface area contributed by atoms with Crippen LogP contribution in [0.25, 0.3) is 23.3 Å². The maximum absolute atomic E-state index is 5.30. The molecule has 0 aliphatic carbocycles. The summed E-state index contributed by atoms with van der Waals surface area (Å²) in [6.45, 7) is 0. The predicted molar refractivity (Wildman–Crippen MR) is 120 cm³/mol. The fraction of sp³-hybridized carbons (Fsp3) is 0.0370. The quantitative estimate of drug-likeness (QED) is 0.347. The number of hydrogen-bond donors (Lipinski definition) is 0. The summed E-state index contributed by atoms with van der Waals surface area (Å²) in [4.78, 5) is 0. The van der Waals surface area contributed by atoms with Crippen LogP contribution in [0.2, 0.25) is 0 Å². The fourth-order valence-corrected chi connectivity index (χ4v) is 2.82. The molecule has 0 aromatic heterocycles. The van der Waals surface area contributed by atoms with Crippen molar-refractivity contribution in [1.82, 2.24) is 0 Å². The van der Waals surface area contributed by atoms with E-state index in [0.29, 0.717) is 0 Å². The van der Waals surface area contributed by atoms with Crippen LogP contribution >= 0.6 is 0 Å². The molecule has 1 nitrogen and oxygen atoms in total. The SMILES string of the molecule is C(=Cc1ccccc1)c1ccccc1.COc1ccccc1-c1ccccc1. The third kappa shape index (κ3) is 5.72. The highest BCUT2D eigenvalue weighted by Gasteiger charge is 2.02. The summed E-state index contributed by atoms with van der Waals surface area (Å²) < 4.78 is 5.30. The van der Waals surface area contributed by atoms with Gasteiger partial charge in [-0.05, 0) is 22.8 Å². The van der Waals surface area contributed by atoms with Gasteiger partial charge < -0.3 is 4.74 Å². The molecule has 0 fully saturated rings. The minimum absolute atomic E-state index is 0.915. The Hall–Kier alpha value is -3.58. The van der Waals surface area contributed by atoms with Gasteiger partial charge in [-0.15, -0.1) is 0 Å². The van der Waals surface area contributed by atoms with Gasteiger partial charge in [0.15, 0.2) is 0 Å². The molecule has 0 saturated heterocycles. The maximum atomic E-state index is 5.30. The number of methoxy groups -OCH3 is 1. The van der Waals surface area contributed by atoms with Crippen molar-refractivity contribution in [3.05, 3.63) is 126 Å². The van der Waals surface area contributed by atoms with Gasteiger partial charge in [-0.2, -0.15) is 0 Å². The fourth-order valence-electron chi connectivity index (χ4n) is 2.82. The molecule has 0 heterocycles. The van der Waals surface area contributed by atoms with Crippen molar-refractivity contribution in [2.45, 2.75) is 0 Å². The molecule has 0 unspecified atom stereocenters. The van der Waals surface area contributed by atoms with Crippen molar-refractivity contribution in [2.75, 3.05) is 7.11 Å². The first-order valence-electron chi connectivity index (χ1n) is 9.33. The van der Waals surface area contributed by atoms with Crippen molar-refractivity contribution in [3.8, 4) is 16.9 Å². The van der Waals surface area contributed by atoms with E-state index in [9.17, 15) is 0 Å². The van der Waals surface area contributed by atoms with Gasteiger partial charge in [-0.1, -0.05) is 121 Å². The second-order valence-corrected chi connectivity index (χ2v) is 6.22. The zero-order valence-electron chi connectivity index (χ0n) is 16.0. The third-order valence-electron chi connectivity index (χ3n) is 4.26. The Morgan fingerprint density at radius 3 is 1.43 bits per heavy atom. The van der Waals surface area contributed by atoms with Crippen LogP contribution in [-0.4, -0.2) is 7.11 Å². The number of rotatable bonds is 4. The van der Waals surface area contributed by atoms with E-state index in [-0.39, 0.29) is 0 Å². The van der Waals surface area contributed by atoms with Gasteiger partial charge in [0.1, 0.15) is 5.75 Å². The van der Waals surface area contributed by atoms with Gasteiger partial charge in [0, 0.05) is 5.56 Å². The van der Waals surface area contributed by atoms with Gasteiger partial charge in [0.25, 0.3) is 0 Å². The first kappa shape index (κ1) is 19.2. The van der Waals surface area contributed by atoms with E-state index in [1.807, 2.05) is 72.8 Å². The average Bonchev–Trinajstić information content (AvgIpc) is 2.80. The van der Waals surface area contributed by atoms with E-state index in [0.717, 1.165) is 11.3 Å². The number of benzene rings is 4. The summed E-state index contributed by atoms with van der Waals surface area (Å²) >= 11 is 0. The van der Waals surface area contributed by atoms with Gasteiger partial charge in [0.2, 0.25) is 0 Å². The van der Waals surface area contributed by atoms with Crippen molar-refractivity contribution in [1.29, 1.82) is 0 Å². The lowest BCUT2D eigenvalue weighted by molar-refractivity contribution is 0.416. The number of hydrogen-bond acceptors (Lipinski definition) is 1. The Balaban J connectivity index is 0.000000161. The molecule has 1 heteroatoms. The van der Waals surface area contributed by atoms with Crippen LogP contribution in [0.15, 0.2) is 115 Å². The molecule has 0 saturated carbocycles. The molecule has 0 aliphatic heterocycles. The van der Waals surface area contributed by atoms with E-state index in [1.165, 1.54) is 16.7 Å². The lowest BCUT2D eigenvalue weighted by Crippen LogP contribution is -1.86. The molecule has 0 amide bonds. The molecule has 28 heavy (non-hydrogen) atoms. The highest BCUT2D eigenvalue weighted by atomic mass is 16.5. The lowest BCUT2D eigenvalue weighted by atomic mass is 10.1. The highest BCUT2D eigenvalue weighted by molar-refractivity contribution is 5.70. The van der Waals surface area contributed by atoms with Crippen molar-refractivity contribution >= 4 is 12.2 Å². The van der Waals surface area contributed by atoms with Crippen LogP contribution < -0.4 is 4.74 Å². The first-order valence-corrected chi connectivity index (χ1v) is 9.33. The Morgan fingerprint density at radius 1 is 0.500 bits per heavy atom. The Labute approximate surface area is 167 Å². The minimum atomic E-state index is 0.915. The Bertz CT molecular complexity index is 933. The second-order valence-electron chi connectivity index (χ2n) is 6.22. The normalized spacial score (nSPS) is 10.2. The molecule has 0 N–H and O–H groups in total. The molecule has 0 radical (unpaired) electrons. The molecular weight excluding hydrogens is 340 g/mol. The summed E-state index contributed by atoms with van der Waals surface area (Å²) in [5.41, 5.74) is 4.79. The molecule has 0 aliphatic rings. The smallest absolute Gasteiger partial charge is 0.126 e. The van der Waals surface area contributed by atoms with E-state index in [4.69, 9.17) is 4.74 Å². The highest BCUT2D eigenvalue weighted by Crippen LogP contribution is 2.28. The summed E-state index contributed by atoms with van der Waals surface area (Å²) in [6, 6.07) is 38.9. The van der Waals surface area contributed by atoms with E-state index >= 15 is 0 Å². The largest absolute Gasteiger partial charge is 0.496 e. The van der Waals surface area contributed by atoms with Gasteiger partial charge >= 0.3 is 0 Å². The molecule has 138 valence electrons. The lowest BCUT2D eigenvalue weighted by Gasteiger charge is -2.07. The van der Waals surface area contributed by atoms with Crippen LogP contribution in [0.5, 0.6) is 5.75 Å². The van der Waals surface area contributed by atoms with E-state index in [2.05, 4.69) is 54.6 Å². The Morgan fingerprint density at radius 2 is 0.929 bits per heavy atom. The number of para-hydroxylation sites is 1. The van der Waals surface area contributed by atoms with Crippen molar-refractivity contribution in [2.24, 2.45) is 0 Å². The van der Waals surface area contributed by atoms with Crippen molar-refractivity contribution < 1.29 is 4.74 Å². The van der Waals surface area contributed by atoms with Crippen LogP contribution in [0.3, 0.4) is 0 Å². The molecule has 0 bridgehead atoms. The molecule has 0 atom stereocenters. The average molecular weight is 364 g/mol. The monoisotopic (exact) mass is 364 g/mol. The second kappa shape index (κ2) is 10.5. The summed E-state index contributed by atoms with van der Waals surface area (Å²) in [5, 5.41) is 0. The summed E-state index contributed by atoms with van der Waals surface area (Å²) in [7, 11) is 1.70. The molecule has 4 aromatic rings. The summed E-state index contributed by atoms with van der Waals surface area (Å²) in [5.74, 6) is 0.915. The molecule has 4 aromatic carbocycles. The number of ether oxygens (including phenoxy) is 1. The van der Waals surface area contributed by atoms with Crippen LogP contribution in [-0.2, 0) is 0 Å². The predicted octanol–water partition coefficient (Wildman–Crippen LogP) is 7.22.